The molecular weight excluding hydrogens is 230 g/mol. The Hall–Kier alpha value is -1.91. The molecule has 18 heavy (non-hydrogen) atoms. The number of aromatic nitrogens is 3. The lowest BCUT2D eigenvalue weighted by atomic mass is 9.95. The second-order valence-electron chi connectivity index (χ2n) is 4.80. The third-order valence-corrected chi connectivity index (χ3v) is 3.63. The van der Waals surface area contributed by atoms with Crippen molar-refractivity contribution >= 4 is 11.0 Å². The van der Waals surface area contributed by atoms with Crippen LogP contribution in [0.1, 0.15) is 38.1 Å². The first-order valence-electron chi connectivity index (χ1n) is 6.37. The van der Waals surface area contributed by atoms with Crippen molar-refractivity contribution in [2.24, 2.45) is 0 Å². The van der Waals surface area contributed by atoms with Crippen LogP contribution in [0, 0.1) is 0 Å². The van der Waals surface area contributed by atoms with Gasteiger partial charge < -0.3 is 4.98 Å². The highest BCUT2D eigenvalue weighted by Gasteiger charge is 2.20. The molecule has 1 aliphatic rings. The largest absolute Gasteiger partial charge is 0.329 e. The van der Waals surface area contributed by atoms with Gasteiger partial charge in [-0.2, -0.15) is 0 Å². The van der Waals surface area contributed by atoms with Crippen molar-refractivity contribution in [3.8, 4) is 0 Å². The third kappa shape index (κ3) is 1.75. The van der Waals surface area contributed by atoms with Gasteiger partial charge in [0.25, 0.3) is 5.56 Å². The molecule has 0 spiro atoms. The average Bonchev–Trinajstić information content (AvgIpc) is 2.40. The fraction of sp³-hybridized carbons (Fsp3) is 0.462. The molecule has 0 atom stereocenters. The Morgan fingerprint density at radius 3 is 2.78 bits per heavy atom. The molecule has 94 valence electrons. The summed E-state index contributed by atoms with van der Waals surface area (Å²) in [6.45, 7) is 0. The molecule has 1 fully saturated rings. The predicted octanol–water partition coefficient (Wildman–Crippen LogP) is 1.59. The SMILES string of the molecule is O=c1[nH]c2cccnc2c(=O)n1C1CCCCC1. The lowest BCUT2D eigenvalue weighted by Gasteiger charge is -2.22. The number of pyridine rings is 1. The second-order valence-corrected chi connectivity index (χ2v) is 4.80. The van der Waals surface area contributed by atoms with E-state index in [2.05, 4.69) is 9.97 Å². The van der Waals surface area contributed by atoms with Crippen molar-refractivity contribution in [2.45, 2.75) is 38.1 Å². The fourth-order valence-corrected chi connectivity index (χ4v) is 2.73. The Morgan fingerprint density at radius 1 is 1.22 bits per heavy atom. The van der Waals surface area contributed by atoms with Crippen molar-refractivity contribution in [1.29, 1.82) is 0 Å². The van der Waals surface area contributed by atoms with Gasteiger partial charge in [0.05, 0.1) is 5.52 Å². The minimum Gasteiger partial charge on any atom is -0.305 e. The number of rotatable bonds is 1. The zero-order valence-corrected chi connectivity index (χ0v) is 10.1. The van der Waals surface area contributed by atoms with Crippen LogP contribution in [0.5, 0.6) is 0 Å². The van der Waals surface area contributed by atoms with Gasteiger partial charge in [0, 0.05) is 12.2 Å². The number of aromatic amines is 1. The van der Waals surface area contributed by atoms with Crippen molar-refractivity contribution in [3.05, 3.63) is 39.2 Å². The first kappa shape index (κ1) is 11.2. The molecule has 5 nitrogen and oxygen atoms in total. The lowest BCUT2D eigenvalue weighted by molar-refractivity contribution is 0.338. The molecule has 3 rings (SSSR count). The summed E-state index contributed by atoms with van der Waals surface area (Å²) >= 11 is 0. The van der Waals surface area contributed by atoms with Crippen LogP contribution in [-0.4, -0.2) is 14.5 Å². The molecule has 0 bridgehead atoms. The Morgan fingerprint density at radius 2 is 2.00 bits per heavy atom. The number of nitrogens with zero attached hydrogens (tertiary/aromatic N) is 2. The quantitative estimate of drug-likeness (QED) is 0.829. The Kier molecular flexibility index (Phi) is 2.74. The van der Waals surface area contributed by atoms with E-state index in [1.807, 2.05) is 0 Å². The van der Waals surface area contributed by atoms with E-state index in [0.29, 0.717) is 11.0 Å². The molecule has 0 aliphatic heterocycles. The van der Waals surface area contributed by atoms with Gasteiger partial charge in [-0.25, -0.2) is 9.78 Å². The van der Waals surface area contributed by atoms with Crippen LogP contribution >= 0.6 is 0 Å². The van der Waals surface area contributed by atoms with Crippen LogP contribution in [0.15, 0.2) is 27.9 Å². The number of fused-ring (bicyclic) bond motifs is 1. The van der Waals surface area contributed by atoms with E-state index in [0.717, 1.165) is 25.7 Å². The number of hydrogen-bond acceptors (Lipinski definition) is 3. The van der Waals surface area contributed by atoms with Gasteiger partial charge in [-0.15, -0.1) is 0 Å². The lowest BCUT2D eigenvalue weighted by Crippen LogP contribution is -2.39. The van der Waals surface area contributed by atoms with Gasteiger partial charge in [0.2, 0.25) is 0 Å². The van der Waals surface area contributed by atoms with E-state index < -0.39 is 0 Å². The Bertz CT molecular complexity index is 680. The summed E-state index contributed by atoms with van der Waals surface area (Å²) in [4.78, 5) is 31.2. The van der Waals surface area contributed by atoms with Crippen molar-refractivity contribution < 1.29 is 0 Å². The molecule has 0 saturated heterocycles. The molecule has 0 radical (unpaired) electrons. The van der Waals surface area contributed by atoms with Crippen LogP contribution in [0.3, 0.4) is 0 Å². The van der Waals surface area contributed by atoms with E-state index in [4.69, 9.17) is 0 Å². The minimum absolute atomic E-state index is 0.0291. The first-order chi connectivity index (χ1) is 8.77. The monoisotopic (exact) mass is 245 g/mol. The molecule has 0 aromatic carbocycles. The topological polar surface area (TPSA) is 67.8 Å². The van der Waals surface area contributed by atoms with Crippen LogP contribution in [-0.2, 0) is 0 Å². The molecule has 0 unspecified atom stereocenters. The molecule has 2 aromatic rings. The standard InChI is InChI=1S/C13H15N3O2/c17-12-11-10(7-4-8-14-11)15-13(18)16(12)9-5-2-1-3-6-9/h4,7-9H,1-3,5-6H2,(H,15,18). The highest BCUT2D eigenvalue weighted by molar-refractivity contribution is 5.71. The number of hydrogen-bond donors (Lipinski definition) is 1. The molecule has 2 heterocycles. The van der Waals surface area contributed by atoms with Crippen LogP contribution in [0.2, 0.25) is 0 Å². The second kappa shape index (κ2) is 4.40. The minimum atomic E-state index is -0.313. The summed E-state index contributed by atoms with van der Waals surface area (Å²) in [7, 11) is 0. The van der Waals surface area contributed by atoms with E-state index in [1.54, 1.807) is 18.3 Å². The van der Waals surface area contributed by atoms with E-state index >= 15 is 0 Å². The van der Waals surface area contributed by atoms with Crippen molar-refractivity contribution in [1.82, 2.24) is 14.5 Å². The van der Waals surface area contributed by atoms with Crippen molar-refractivity contribution in [2.75, 3.05) is 0 Å². The van der Waals surface area contributed by atoms with Gasteiger partial charge in [0.1, 0.15) is 0 Å². The Balaban J connectivity index is 2.22. The summed E-state index contributed by atoms with van der Waals surface area (Å²) in [5.41, 5.74) is 0.288. The van der Waals surface area contributed by atoms with Gasteiger partial charge in [-0.05, 0) is 25.0 Å². The molecule has 5 heteroatoms. The summed E-state index contributed by atoms with van der Waals surface area (Å²) in [6.07, 6.45) is 6.73. The zero-order chi connectivity index (χ0) is 12.5. The maximum atomic E-state index is 12.3. The van der Waals surface area contributed by atoms with Crippen LogP contribution in [0.25, 0.3) is 11.0 Å². The van der Waals surface area contributed by atoms with Gasteiger partial charge in [-0.1, -0.05) is 19.3 Å². The smallest absolute Gasteiger partial charge is 0.305 e. The van der Waals surface area contributed by atoms with E-state index in [1.165, 1.54) is 11.0 Å². The molecule has 1 saturated carbocycles. The van der Waals surface area contributed by atoms with Crippen LogP contribution in [0.4, 0.5) is 0 Å². The molecular formula is C13H15N3O2. The van der Waals surface area contributed by atoms with Crippen molar-refractivity contribution in [3.63, 3.8) is 0 Å². The summed E-state index contributed by atoms with van der Waals surface area (Å²) in [6, 6.07) is 3.44. The predicted molar refractivity (Wildman–Crippen MR) is 68.7 cm³/mol. The normalized spacial score (nSPS) is 17.1. The van der Waals surface area contributed by atoms with E-state index in [-0.39, 0.29) is 17.3 Å². The summed E-state index contributed by atoms with van der Waals surface area (Å²) in [5.74, 6) is 0. The molecule has 0 amide bonds. The van der Waals surface area contributed by atoms with Crippen LogP contribution < -0.4 is 11.2 Å². The summed E-state index contributed by atoms with van der Waals surface area (Å²) < 4.78 is 1.36. The van der Waals surface area contributed by atoms with Gasteiger partial charge >= 0.3 is 5.69 Å². The molecule has 1 N–H and O–H groups in total. The Labute approximate surface area is 103 Å². The van der Waals surface area contributed by atoms with E-state index in [9.17, 15) is 9.59 Å². The van der Waals surface area contributed by atoms with Gasteiger partial charge in [0.15, 0.2) is 5.52 Å². The van der Waals surface area contributed by atoms with Gasteiger partial charge in [-0.3, -0.25) is 9.36 Å². The average molecular weight is 245 g/mol. The number of H-pyrrole nitrogens is 1. The maximum absolute atomic E-state index is 12.3. The third-order valence-electron chi connectivity index (χ3n) is 3.63. The highest BCUT2D eigenvalue weighted by atomic mass is 16.2. The zero-order valence-electron chi connectivity index (χ0n) is 10.1. The number of nitrogens with one attached hydrogen (secondary N) is 1. The molecule has 2 aromatic heterocycles. The highest BCUT2D eigenvalue weighted by Crippen LogP contribution is 2.25. The molecule has 1 aliphatic carbocycles. The first-order valence-corrected chi connectivity index (χ1v) is 6.37. The fourth-order valence-electron chi connectivity index (χ4n) is 2.73. The summed E-state index contributed by atoms with van der Waals surface area (Å²) in [5, 5.41) is 0. The maximum Gasteiger partial charge on any atom is 0.329 e.